The summed E-state index contributed by atoms with van der Waals surface area (Å²) in [6.45, 7) is 5.08. The summed E-state index contributed by atoms with van der Waals surface area (Å²) in [4.78, 5) is 13.6. The maximum Gasteiger partial charge on any atom is 0.222 e. The van der Waals surface area contributed by atoms with Gasteiger partial charge in [-0.3, -0.25) is 4.79 Å². The Morgan fingerprint density at radius 2 is 2.38 bits per heavy atom. The lowest BCUT2D eigenvalue weighted by Gasteiger charge is -2.32. The summed E-state index contributed by atoms with van der Waals surface area (Å²) in [6, 6.07) is 0.501. The van der Waals surface area contributed by atoms with E-state index in [1.165, 1.54) is 12.8 Å². The van der Waals surface area contributed by atoms with Crippen molar-refractivity contribution in [2.45, 2.75) is 32.2 Å². The van der Waals surface area contributed by atoms with Crippen LogP contribution in [0.2, 0.25) is 0 Å². The topological polar surface area (TPSA) is 32.3 Å². The first kappa shape index (κ1) is 9.00. The molecule has 2 saturated heterocycles. The number of rotatable bonds is 1. The second kappa shape index (κ2) is 3.66. The number of nitrogens with one attached hydrogen (secondary N) is 1. The summed E-state index contributed by atoms with van der Waals surface area (Å²) in [7, 11) is 0. The number of carbonyl (C=O) groups excluding carboxylic acids is 1. The summed E-state index contributed by atoms with van der Waals surface area (Å²) in [5.41, 5.74) is 0. The Kier molecular flexibility index (Phi) is 2.54. The second-order valence-corrected chi connectivity index (χ2v) is 4.05. The molecule has 1 N–H and O–H groups in total. The summed E-state index contributed by atoms with van der Waals surface area (Å²) < 4.78 is 0. The average Bonchev–Trinajstić information content (AvgIpc) is 2.60. The fraction of sp³-hybridized carbons (Fsp3) is 0.900. The molecule has 0 bridgehead atoms. The molecule has 0 aromatic rings. The van der Waals surface area contributed by atoms with Gasteiger partial charge in [0.1, 0.15) is 0 Å². The molecule has 0 unspecified atom stereocenters. The minimum Gasteiger partial charge on any atom is -0.338 e. The maximum absolute atomic E-state index is 11.6. The van der Waals surface area contributed by atoms with Crippen molar-refractivity contribution in [2.24, 2.45) is 5.92 Å². The molecule has 2 rings (SSSR count). The zero-order valence-corrected chi connectivity index (χ0v) is 8.25. The number of fused-ring (bicyclic) bond motifs is 1. The smallest absolute Gasteiger partial charge is 0.222 e. The first-order valence-corrected chi connectivity index (χ1v) is 5.33. The van der Waals surface area contributed by atoms with E-state index >= 15 is 0 Å². The number of piperidine rings is 1. The molecule has 2 fully saturated rings. The monoisotopic (exact) mass is 182 g/mol. The molecule has 74 valence electrons. The molecule has 0 spiro atoms. The van der Waals surface area contributed by atoms with Crippen LogP contribution in [0.3, 0.4) is 0 Å². The van der Waals surface area contributed by atoms with Crippen LogP contribution in [-0.2, 0) is 4.79 Å². The summed E-state index contributed by atoms with van der Waals surface area (Å²) in [6.07, 6.45) is 3.12. The highest BCUT2D eigenvalue weighted by Gasteiger charge is 2.37. The lowest BCUT2D eigenvalue weighted by Crippen LogP contribution is -2.47. The van der Waals surface area contributed by atoms with Crippen molar-refractivity contribution >= 4 is 5.91 Å². The fourth-order valence-corrected chi connectivity index (χ4v) is 2.58. The van der Waals surface area contributed by atoms with Crippen LogP contribution in [0.4, 0.5) is 0 Å². The van der Waals surface area contributed by atoms with Crippen LogP contribution in [0, 0.1) is 5.92 Å². The number of hydrogen-bond acceptors (Lipinski definition) is 2. The van der Waals surface area contributed by atoms with Gasteiger partial charge < -0.3 is 10.2 Å². The zero-order valence-electron chi connectivity index (χ0n) is 8.25. The third-order valence-corrected chi connectivity index (χ3v) is 3.35. The molecule has 0 saturated carbocycles. The molecule has 3 nitrogen and oxygen atoms in total. The third kappa shape index (κ3) is 1.57. The van der Waals surface area contributed by atoms with Gasteiger partial charge in [-0.25, -0.2) is 0 Å². The molecule has 2 aliphatic rings. The van der Waals surface area contributed by atoms with Gasteiger partial charge >= 0.3 is 0 Å². The molecular weight excluding hydrogens is 164 g/mol. The largest absolute Gasteiger partial charge is 0.338 e. The molecule has 0 radical (unpaired) electrons. The van der Waals surface area contributed by atoms with Gasteiger partial charge in [0.2, 0.25) is 5.91 Å². The summed E-state index contributed by atoms with van der Waals surface area (Å²) in [5.74, 6) is 1.10. The highest BCUT2D eigenvalue weighted by molar-refractivity contribution is 5.76. The van der Waals surface area contributed by atoms with Gasteiger partial charge in [-0.2, -0.15) is 0 Å². The van der Waals surface area contributed by atoms with Crippen molar-refractivity contribution in [3.63, 3.8) is 0 Å². The van der Waals surface area contributed by atoms with E-state index in [2.05, 4.69) is 10.2 Å². The van der Waals surface area contributed by atoms with E-state index in [1.807, 2.05) is 6.92 Å². The maximum atomic E-state index is 11.6. The van der Waals surface area contributed by atoms with Crippen molar-refractivity contribution in [2.75, 3.05) is 19.6 Å². The lowest BCUT2D eigenvalue weighted by molar-refractivity contribution is -0.132. The molecule has 2 aliphatic heterocycles. The van der Waals surface area contributed by atoms with Crippen molar-refractivity contribution < 1.29 is 4.79 Å². The Labute approximate surface area is 79.5 Å². The highest BCUT2D eigenvalue weighted by Crippen LogP contribution is 2.29. The van der Waals surface area contributed by atoms with Gasteiger partial charge in [0.05, 0.1) is 0 Å². The van der Waals surface area contributed by atoms with Crippen LogP contribution >= 0.6 is 0 Å². The Balaban J connectivity index is 2.02. The standard InChI is InChI=1S/C10H18N2O/c1-2-10(13)12-6-4-8-3-5-11-7-9(8)12/h8-9,11H,2-7H2,1H3/t8-,9-/m0/s1. The summed E-state index contributed by atoms with van der Waals surface area (Å²) >= 11 is 0. The molecule has 13 heavy (non-hydrogen) atoms. The molecule has 0 aliphatic carbocycles. The minimum atomic E-state index is 0.330. The van der Waals surface area contributed by atoms with Crippen molar-refractivity contribution in [1.29, 1.82) is 0 Å². The number of carbonyl (C=O) groups is 1. The van der Waals surface area contributed by atoms with Gasteiger partial charge in [-0.15, -0.1) is 0 Å². The van der Waals surface area contributed by atoms with Crippen molar-refractivity contribution in [3.05, 3.63) is 0 Å². The number of amides is 1. The van der Waals surface area contributed by atoms with Crippen LogP contribution in [0.5, 0.6) is 0 Å². The Hall–Kier alpha value is -0.570. The lowest BCUT2D eigenvalue weighted by atomic mass is 9.93. The first-order chi connectivity index (χ1) is 6.33. The number of likely N-dealkylation sites (tertiary alicyclic amines) is 1. The molecule has 3 heteroatoms. The Morgan fingerprint density at radius 3 is 3.15 bits per heavy atom. The number of hydrogen-bond donors (Lipinski definition) is 1. The van der Waals surface area contributed by atoms with Crippen LogP contribution < -0.4 is 5.32 Å². The SMILES string of the molecule is CCC(=O)N1CC[C@@H]2CCNC[C@@H]21. The Bertz CT molecular complexity index is 205. The van der Waals surface area contributed by atoms with Crippen LogP contribution in [0.25, 0.3) is 0 Å². The average molecular weight is 182 g/mol. The van der Waals surface area contributed by atoms with Gasteiger partial charge in [-0.05, 0) is 25.3 Å². The molecule has 1 amide bonds. The van der Waals surface area contributed by atoms with Gasteiger partial charge in [0.25, 0.3) is 0 Å². The predicted octanol–water partition coefficient (Wildman–Crippen LogP) is 0.607. The van der Waals surface area contributed by atoms with Gasteiger partial charge in [0, 0.05) is 25.6 Å². The third-order valence-electron chi connectivity index (χ3n) is 3.35. The minimum absolute atomic E-state index is 0.330. The fourth-order valence-electron chi connectivity index (χ4n) is 2.58. The van der Waals surface area contributed by atoms with E-state index in [1.54, 1.807) is 0 Å². The first-order valence-electron chi connectivity index (χ1n) is 5.33. The quantitative estimate of drug-likeness (QED) is 0.644. The van der Waals surface area contributed by atoms with Crippen molar-refractivity contribution in [3.8, 4) is 0 Å². The predicted molar refractivity (Wildman–Crippen MR) is 51.4 cm³/mol. The molecular formula is C10H18N2O. The van der Waals surface area contributed by atoms with E-state index < -0.39 is 0 Å². The van der Waals surface area contributed by atoms with Crippen LogP contribution in [0.1, 0.15) is 26.2 Å². The Morgan fingerprint density at radius 1 is 1.54 bits per heavy atom. The van der Waals surface area contributed by atoms with E-state index in [9.17, 15) is 4.79 Å². The molecule has 0 aromatic carbocycles. The van der Waals surface area contributed by atoms with Crippen molar-refractivity contribution in [1.82, 2.24) is 10.2 Å². The highest BCUT2D eigenvalue weighted by atomic mass is 16.2. The molecule has 2 heterocycles. The van der Waals surface area contributed by atoms with E-state index in [0.29, 0.717) is 18.4 Å². The second-order valence-electron chi connectivity index (χ2n) is 4.05. The van der Waals surface area contributed by atoms with E-state index in [0.717, 1.165) is 25.6 Å². The van der Waals surface area contributed by atoms with E-state index in [4.69, 9.17) is 0 Å². The molecule has 2 atom stereocenters. The van der Waals surface area contributed by atoms with Crippen LogP contribution in [0.15, 0.2) is 0 Å². The molecule has 0 aromatic heterocycles. The normalized spacial score (nSPS) is 33.2. The van der Waals surface area contributed by atoms with Gasteiger partial charge in [-0.1, -0.05) is 6.92 Å². The zero-order chi connectivity index (χ0) is 9.26. The van der Waals surface area contributed by atoms with Gasteiger partial charge in [0.15, 0.2) is 0 Å². The van der Waals surface area contributed by atoms with E-state index in [-0.39, 0.29) is 0 Å². The summed E-state index contributed by atoms with van der Waals surface area (Å²) in [5, 5.41) is 3.37. The number of nitrogens with zero attached hydrogens (tertiary/aromatic N) is 1. The van der Waals surface area contributed by atoms with Crippen LogP contribution in [-0.4, -0.2) is 36.5 Å².